The highest BCUT2D eigenvalue weighted by molar-refractivity contribution is 6.09. The van der Waals surface area contributed by atoms with Gasteiger partial charge < -0.3 is 4.42 Å². The van der Waals surface area contributed by atoms with Crippen molar-refractivity contribution in [2.24, 2.45) is 0 Å². The van der Waals surface area contributed by atoms with Crippen LogP contribution in [-0.4, -0.2) is 15.0 Å². The molecule has 0 atom stereocenters. The van der Waals surface area contributed by atoms with E-state index < -0.39 is 5.41 Å². The average molecular weight is 716 g/mol. The fraction of sp³-hybridized carbons (Fsp3) is 0.0192. The van der Waals surface area contributed by atoms with Crippen LogP contribution < -0.4 is 0 Å². The molecule has 0 spiro atoms. The monoisotopic (exact) mass is 715 g/mol. The zero-order chi connectivity index (χ0) is 37.1. The molecule has 0 aliphatic heterocycles. The van der Waals surface area contributed by atoms with Gasteiger partial charge in [0.25, 0.3) is 0 Å². The minimum absolute atomic E-state index is 0.552. The Bertz CT molecular complexity index is 3040. The Morgan fingerprint density at radius 2 is 0.821 bits per heavy atom. The van der Waals surface area contributed by atoms with Gasteiger partial charge in [-0.3, -0.25) is 0 Å². The maximum Gasteiger partial charge on any atom is 0.167 e. The predicted molar refractivity (Wildman–Crippen MR) is 226 cm³/mol. The highest BCUT2D eigenvalue weighted by atomic mass is 16.3. The van der Waals surface area contributed by atoms with Crippen molar-refractivity contribution < 1.29 is 4.42 Å². The largest absolute Gasteiger partial charge is 0.455 e. The van der Waals surface area contributed by atoms with Crippen LogP contribution in [0.5, 0.6) is 0 Å². The molecule has 0 fully saturated rings. The van der Waals surface area contributed by atoms with Gasteiger partial charge in [-0.25, -0.2) is 15.0 Å². The molecule has 0 N–H and O–H groups in total. The van der Waals surface area contributed by atoms with Crippen LogP contribution in [0, 0.1) is 0 Å². The third-order valence-electron chi connectivity index (χ3n) is 11.2. The first kappa shape index (κ1) is 32.0. The molecular formula is C52H33N3O. The van der Waals surface area contributed by atoms with E-state index in [9.17, 15) is 0 Å². The fourth-order valence-corrected chi connectivity index (χ4v) is 8.90. The quantitative estimate of drug-likeness (QED) is 0.172. The van der Waals surface area contributed by atoms with E-state index in [4.69, 9.17) is 19.4 Å². The smallest absolute Gasteiger partial charge is 0.167 e. The van der Waals surface area contributed by atoms with E-state index in [1.807, 2.05) is 24.3 Å². The summed E-state index contributed by atoms with van der Waals surface area (Å²) in [5, 5.41) is 2.08. The van der Waals surface area contributed by atoms with E-state index in [0.29, 0.717) is 17.5 Å². The standard InChI is InChI=1S/C52H33N3O/c1-4-18-34(19-5-1)37-24-10-11-27-42(37)49-53-50(55-51(54-49)44-31-17-29-41-39-26-13-15-33-46(39)56-48(41)44)43-30-16-28-40-38-25-12-14-32-45(38)52(47(40)43,35-20-6-2-7-21-35)36-22-8-3-9-23-36/h1-33H. The van der Waals surface area contributed by atoms with Crippen molar-refractivity contribution in [1.82, 2.24) is 15.0 Å². The Labute approximate surface area is 324 Å². The van der Waals surface area contributed by atoms with Gasteiger partial charge in [0.1, 0.15) is 11.2 Å². The predicted octanol–water partition coefficient (Wildman–Crippen LogP) is 12.8. The summed E-state index contributed by atoms with van der Waals surface area (Å²) < 4.78 is 6.59. The summed E-state index contributed by atoms with van der Waals surface area (Å²) in [6.45, 7) is 0. The van der Waals surface area contributed by atoms with Crippen molar-refractivity contribution >= 4 is 21.9 Å². The second-order valence-corrected chi connectivity index (χ2v) is 14.3. The molecule has 0 unspecified atom stereocenters. The summed E-state index contributed by atoms with van der Waals surface area (Å²) in [4.78, 5) is 16.2. The first-order chi connectivity index (χ1) is 27.8. The number of furan rings is 1. The van der Waals surface area contributed by atoms with Gasteiger partial charge in [0, 0.05) is 21.9 Å². The van der Waals surface area contributed by atoms with Gasteiger partial charge in [-0.1, -0.05) is 188 Å². The molecule has 4 nitrogen and oxygen atoms in total. The zero-order valence-corrected chi connectivity index (χ0v) is 30.3. The molecule has 10 aromatic rings. The van der Waals surface area contributed by atoms with Crippen LogP contribution in [0.4, 0.5) is 0 Å². The molecule has 8 aromatic carbocycles. The Kier molecular flexibility index (Phi) is 7.36. The van der Waals surface area contributed by atoms with E-state index in [2.05, 4.69) is 176 Å². The Balaban J connectivity index is 1.25. The number of rotatable bonds is 6. The summed E-state index contributed by atoms with van der Waals surface area (Å²) in [6.07, 6.45) is 0. The minimum Gasteiger partial charge on any atom is -0.455 e. The van der Waals surface area contributed by atoms with E-state index in [1.54, 1.807) is 0 Å². The number of aromatic nitrogens is 3. The number of benzene rings is 8. The van der Waals surface area contributed by atoms with Gasteiger partial charge in [-0.2, -0.15) is 0 Å². The minimum atomic E-state index is -0.640. The van der Waals surface area contributed by atoms with Gasteiger partial charge in [0.05, 0.1) is 11.0 Å². The normalized spacial score (nSPS) is 12.8. The Morgan fingerprint density at radius 1 is 0.339 bits per heavy atom. The summed E-state index contributed by atoms with van der Waals surface area (Å²) in [7, 11) is 0. The van der Waals surface area contributed by atoms with Crippen molar-refractivity contribution in [3.8, 4) is 56.4 Å². The van der Waals surface area contributed by atoms with Crippen molar-refractivity contribution in [1.29, 1.82) is 0 Å². The number of nitrogens with zero attached hydrogens (tertiary/aromatic N) is 3. The van der Waals surface area contributed by atoms with Crippen LogP contribution in [0.3, 0.4) is 0 Å². The van der Waals surface area contributed by atoms with Crippen molar-refractivity contribution in [3.05, 3.63) is 222 Å². The zero-order valence-electron chi connectivity index (χ0n) is 30.3. The van der Waals surface area contributed by atoms with Gasteiger partial charge in [-0.15, -0.1) is 0 Å². The molecule has 262 valence electrons. The van der Waals surface area contributed by atoms with Crippen LogP contribution >= 0.6 is 0 Å². The van der Waals surface area contributed by atoms with E-state index in [0.717, 1.165) is 55.3 Å². The first-order valence-corrected chi connectivity index (χ1v) is 19.0. The molecule has 0 bridgehead atoms. The molecule has 2 aromatic heterocycles. The molecule has 0 radical (unpaired) electrons. The number of hydrogen-bond donors (Lipinski definition) is 0. The highest BCUT2D eigenvalue weighted by Gasteiger charge is 2.47. The van der Waals surface area contributed by atoms with Crippen LogP contribution in [0.15, 0.2) is 205 Å². The second kappa shape index (κ2) is 12.9. The molecule has 2 heterocycles. The SMILES string of the molecule is c1ccc(-c2ccccc2-c2nc(-c3cccc4c3C(c3ccccc3)(c3ccccc3)c3ccccc3-4)nc(-c3cccc4c3oc3ccccc34)n2)cc1. The number of fused-ring (bicyclic) bond motifs is 6. The van der Waals surface area contributed by atoms with E-state index in [1.165, 1.54) is 27.8 Å². The average Bonchev–Trinajstić information content (AvgIpc) is 3.81. The van der Waals surface area contributed by atoms with Gasteiger partial charge >= 0.3 is 0 Å². The summed E-state index contributed by atoms with van der Waals surface area (Å²) >= 11 is 0. The lowest BCUT2D eigenvalue weighted by atomic mass is 9.66. The lowest BCUT2D eigenvalue weighted by Gasteiger charge is -2.35. The fourth-order valence-electron chi connectivity index (χ4n) is 8.90. The van der Waals surface area contributed by atoms with Crippen molar-refractivity contribution in [2.45, 2.75) is 5.41 Å². The second-order valence-electron chi connectivity index (χ2n) is 14.3. The van der Waals surface area contributed by atoms with E-state index >= 15 is 0 Å². The van der Waals surface area contributed by atoms with Crippen LogP contribution in [0.1, 0.15) is 22.3 Å². The Morgan fingerprint density at radius 3 is 1.55 bits per heavy atom. The topological polar surface area (TPSA) is 51.8 Å². The molecule has 56 heavy (non-hydrogen) atoms. The third-order valence-corrected chi connectivity index (χ3v) is 11.2. The molecule has 11 rings (SSSR count). The molecule has 4 heteroatoms. The van der Waals surface area contributed by atoms with Crippen LogP contribution in [0.2, 0.25) is 0 Å². The lowest BCUT2D eigenvalue weighted by molar-refractivity contribution is 0.669. The van der Waals surface area contributed by atoms with Gasteiger partial charge in [0.15, 0.2) is 17.5 Å². The summed E-state index contributed by atoms with van der Waals surface area (Å²) in [5.74, 6) is 1.74. The van der Waals surface area contributed by atoms with Gasteiger partial charge in [0.2, 0.25) is 0 Å². The summed E-state index contributed by atoms with van der Waals surface area (Å²) in [6, 6.07) is 70.3. The highest BCUT2D eigenvalue weighted by Crippen LogP contribution is 2.58. The maximum absolute atomic E-state index is 6.59. The number of hydrogen-bond acceptors (Lipinski definition) is 4. The Hall–Kier alpha value is -7.43. The first-order valence-electron chi connectivity index (χ1n) is 19.0. The van der Waals surface area contributed by atoms with Crippen molar-refractivity contribution in [2.75, 3.05) is 0 Å². The molecule has 0 saturated heterocycles. The number of para-hydroxylation sites is 2. The molecular weight excluding hydrogens is 683 g/mol. The molecule has 0 amide bonds. The van der Waals surface area contributed by atoms with E-state index in [-0.39, 0.29) is 0 Å². The lowest BCUT2D eigenvalue weighted by Crippen LogP contribution is -2.29. The van der Waals surface area contributed by atoms with Crippen molar-refractivity contribution in [3.63, 3.8) is 0 Å². The molecule has 1 aliphatic rings. The van der Waals surface area contributed by atoms with Crippen LogP contribution in [-0.2, 0) is 5.41 Å². The summed E-state index contributed by atoms with van der Waals surface area (Å²) in [5.41, 5.74) is 12.9. The van der Waals surface area contributed by atoms with Crippen LogP contribution in [0.25, 0.3) is 78.4 Å². The third kappa shape index (κ3) is 4.83. The molecule has 0 saturated carbocycles. The molecule has 1 aliphatic carbocycles. The van der Waals surface area contributed by atoms with Gasteiger partial charge in [-0.05, 0) is 56.6 Å². The maximum atomic E-state index is 6.59.